The van der Waals surface area contributed by atoms with Gasteiger partial charge in [-0.25, -0.2) is 4.31 Å². The van der Waals surface area contributed by atoms with Crippen molar-refractivity contribution in [3.05, 3.63) is 0 Å². The molecule has 0 heterocycles. The highest BCUT2D eigenvalue weighted by Crippen LogP contribution is 2.62. The second kappa shape index (κ2) is 8.84. The van der Waals surface area contributed by atoms with E-state index in [1.54, 1.807) is 0 Å². The van der Waals surface area contributed by atoms with E-state index in [4.69, 9.17) is 13.4 Å². The van der Waals surface area contributed by atoms with Gasteiger partial charge in [-0.1, -0.05) is 27.7 Å². The fourth-order valence-electron chi connectivity index (χ4n) is 2.38. The van der Waals surface area contributed by atoms with Crippen molar-refractivity contribution in [2.24, 2.45) is 11.8 Å². The van der Waals surface area contributed by atoms with Crippen LogP contribution in [0.25, 0.3) is 0 Å². The quantitative estimate of drug-likeness (QED) is 0.487. The SMILES string of the molecule is CC(C)CC(C)OP(C)(=O)OP(C)(=O)OC(C)CC(C)C. The van der Waals surface area contributed by atoms with Gasteiger partial charge in [-0.3, -0.25) is 9.13 Å². The Hall–Kier alpha value is 0.340. The zero-order valence-corrected chi connectivity index (χ0v) is 16.4. The van der Waals surface area contributed by atoms with Crippen molar-refractivity contribution in [3.8, 4) is 0 Å². The first-order valence-electron chi connectivity index (χ1n) is 7.56. The van der Waals surface area contributed by atoms with Crippen LogP contribution in [-0.2, 0) is 22.5 Å². The van der Waals surface area contributed by atoms with E-state index in [0.29, 0.717) is 11.8 Å². The summed E-state index contributed by atoms with van der Waals surface area (Å²) in [5.74, 6) is 0.853. The molecule has 4 atom stereocenters. The minimum absolute atomic E-state index is 0.214. The highest BCUT2D eigenvalue weighted by molar-refractivity contribution is 7.66. The molecule has 21 heavy (non-hydrogen) atoms. The summed E-state index contributed by atoms with van der Waals surface area (Å²) in [5, 5.41) is 0. The van der Waals surface area contributed by atoms with Crippen LogP contribution in [0.3, 0.4) is 0 Å². The molecule has 7 heteroatoms. The fourth-order valence-corrected chi connectivity index (χ4v) is 6.32. The first-order chi connectivity index (χ1) is 9.33. The predicted octanol–water partition coefficient (Wildman–Crippen LogP) is 5.55. The lowest BCUT2D eigenvalue weighted by Crippen LogP contribution is -2.12. The molecule has 0 aliphatic heterocycles. The molecule has 0 aromatic carbocycles. The number of rotatable bonds is 10. The summed E-state index contributed by atoms with van der Waals surface area (Å²) in [5.41, 5.74) is 0. The molecule has 128 valence electrons. The van der Waals surface area contributed by atoms with Gasteiger partial charge < -0.3 is 9.05 Å². The Morgan fingerprint density at radius 2 is 1.00 bits per heavy atom. The average molecular weight is 342 g/mol. The van der Waals surface area contributed by atoms with Crippen LogP contribution in [0.1, 0.15) is 54.4 Å². The fraction of sp³-hybridized carbons (Fsp3) is 1.00. The van der Waals surface area contributed by atoms with Crippen molar-refractivity contribution in [3.63, 3.8) is 0 Å². The van der Waals surface area contributed by atoms with Crippen LogP contribution >= 0.6 is 15.2 Å². The van der Waals surface area contributed by atoms with Crippen LogP contribution in [0, 0.1) is 11.8 Å². The monoisotopic (exact) mass is 342 g/mol. The summed E-state index contributed by atoms with van der Waals surface area (Å²) < 4.78 is 40.7. The molecular weight excluding hydrogens is 310 g/mol. The van der Waals surface area contributed by atoms with E-state index in [9.17, 15) is 9.13 Å². The van der Waals surface area contributed by atoms with Gasteiger partial charge in [0.15, 0.2) is 0 Å². The summed E-state index contributed by atoms with van der Waals surface area (Å²) in [6, 6.07) is 0. The molecule has 0 radical (unpaired) electrons. The molecule has 0 N–H and O–H groups in total. The second-order valence-electron chi connectivity index (χ2n) is 6.72. The van der Waals surface area contributed by atoms with E-state index in [1.165, 1.54) is 13.3 Å². The zero-order chi connectivity index (χ0) is 16.8. The van der Waals surface area contributed by atoms with Crippen LogP contribution in [-0.4, -0.2) is 25.5 Å². The summed E-state index contributed by atoms with van der Waals surface area (Å²) in [4.78, 5) is 0. The van der Waals surface area contributed by atoms with Gasteiger partial charge in [-0.2, -0.15) is 0 Å². The van der Waals surface area contributed by atoms with E-state index in [-0.39, 0.29) is 12.2 Å². The van der Waals surface area contributed by atoms with Crippen molar-refractivity contribution < 1.29 is 22.5 Å². The van der Waals surface area contributed by atoms with Crippen LogP contribution < -0.4 is 0 Å². The Morgan fingerprint density at radius 3 is 1.24 bits per heavy atom. The molecule has 5 nitrogen and oxygen atoms in total. The Labute approximate surface area is 130 Å². The van der Waals surface area contributed by atoms with Gasteiger partial charge in [0, 0.05) is 13.3 Å². The smallest absolute Gasteiger partial charge is 0.305 e. The normalized spacial score (nSPS) is 21.0. The van der Waals surface area contributed by atoms with Gasteiger partial charge in [0.1, 0.15) is 0 Å². The Balaban J connectivity index is 4.54. The lowest BCUT2D eigenvalue weighted by molar-refractivity contribution is 0.148. The molecule has 0 aromatic heterocycles. The first-order valence-corrected chi connectivity index (χ1v) is 11.5. The van der Waals surface area contributed by atoms with Crippen molar-refractivity contribution in [2.75, 3.05) is 13.3 Å². The van der Waals surface area contributed by atoms with E-state index in [2.05, 4.69) is 27.7 Å². The average Bonchev–Trinajstić information content (AvgIpc) is 2.07. The van der Waals surface area contributed by atoms with Crippen LogP contribution in [0.5, 0.6) is 0 Å². The van der Waals surface area contributed by atoms with Gasteiger partial charge in [0.05, 0.1) is 12.2 Å². The van der Waals surface area contributed by atoms with Gasteiger partial charge in [-0.05, 0) is 38.5 Å². The maximum absolute atomic E-state index is 12.3. The van der Waals surface area contributed by atoms with Gasteiger partial charge in [0.25, 0.3) is 0 Å². The Bertz CT molecular complexity index is 359. The van der Waals surface area contributed by atoms with Crippen LogP contribution in [0.4, 0.5) is 0 Å². The number of hydrogen-bond acceptors (Lipinski definition) is 5. The Morgan fingerprint density at radius 1 is 0.714 bits per heavy atom. The molecule has 0 saturated carbocycles. The topological polar surface area (TPSA) is 61.8 Å². The summed E-state index contributed by atoms with van der Waals surface area (Å²) in [6.07, 6.45) is 1.10. The molecule has 0 rings (SSSR count). The largest absolute Gasteiger partial charge is 0.335 e. The first kappa shape index (κ1) is 21.3. The van der Waals surface area contributed by atoms with Gasteiger partial charge >= 0.3 is 15.2 Å². The van der Waals surface area contributed by atoms with Crippen LogP contribution in [0.15, 0.2) is 0 Å². The van der Waals surface area contributed by atoms with E-state index in [0.717, 1.165) is 12.8 Å². The minimum Gasteiger partial charge on any atom is -0.305 e. The van der Waals surface area contributed by atoms with Crippen molar-refractivity contribution in [1.82, 2.24) is 0 Å². The second-order valence-corrected chi connectivity index (χ2v) is 10.9. The third-order valence-electron chi connectivity index (χ3n) is 2.65. The molecule has 0 aromatic rings. The zero-order valence-electron chi connectivity index (χ0n) is 14.7. The highest BCUT2D eigenvalue weighted by Gasteiger charge is 2.32. The number of hydrogen-bond donors (Lipinski definition) is 0. The predicted molar refractivity (Wildman–Crippen MR) is 88.2 cm³/mol. The molecule has 0 amide bonds. The molecule has 4 unspecified atom stereocenters. The van der Waals surface area contributed by atoms with Crippen molar-refractivity contribution >= 4 is 15.2 Å². The lowest BCUT2D eigenvalue weighted by atomic mass is 10.1. The third-order valence-corrected chi connectivity index (χ3v) is 6.50. The molecule has 0 aliphatic carbocycles. The van der Waals surface area contributed by atoms with E-state index in [1.807, 2.05) is 13.8 Å². The minimum atomic E-state index is -3.40. The van der Waals surface area contributed by atoms with Gasteiger partial charge in [-0.15, -0.1) is 0 Å². The van der Waals surface area contributed by atoms with Gasteiger partial charge in [0.2, 0.25) is 0 Å². The lowest BCUT2D eigenvalue weighted by Gasteiger charge is -2.25. The summed E-state index contributed by atoms with van der Waals surface area (Å²) >= 11 is 0. The highest BCUT2D eigenvalue weighted by atomic mass is 31.3. The van der Waals surface area contributed by atoms with Crippen molar-refractivity contribution in [1.29, 1.82) is 0 Å². The standard InChI is InChI=1S/C14H32O5P2/c1-11(2)9-13(5)17-20(7,15)19-21(8,16)18-14(6)10-12(3)4/h11-14H,9-10H2,1-8H3. The molecule has 0 saturated heterocycles. The molecule has 0 bridgehead atoms. The van der Waals surface area contributed by atoms with E-state index < -0.39 is 15.2 Å². The maximum atomic E-state index is 12.3. The Kier molecular flexibility index (Phi) is 8.98. The maximum Gasteiger partial charge on any atom is 0.335 e. The van der Waals surface area contributed by atoms with E-state index >= 15 is 0 Å². The molecule has 0 spiro atoms. The summed E-state index contributed by atoms with van der Waals surface area (Å²) in [6.45, 7) is 14.6. The molecular formula is C14H32O5P2. The van der Waals surface area contributed by atoms with Crippen LogP contribution in [0.2, 0.25) is 0 Å². The molecule has 0 fully saturated rings. The van der Waals surface area contributed by atoms with Crippen molar-refractivity contribution in [2.45, 2.75) is 66.6 Å². The third kappa shape index (κ3) is 11.5. The molecule has 0 aliphatic rings. The summed E-state index contributed by atoms with van der Waals surface area (Å²) in [7, 11) is -6.81.